The Balaban J connectivity index is 1.60. The largest absolute Gasteiger partial charge is 0.390 e. The molecular weight excluding hydrogens is 614 g/mol. The number of carbonyl (C=O) groups excluding carboxylic acids is 2. The van der Waals surface area contributed by atoms with Gasteiger partial charge in [0.15, 0.2) is 9.84 Å². The minimum Gasteiger partial charge on any atom is -0.390 e. The molecule has 1 aromatic heterocycles. The fourth-order valence-corrected chi connectivity index (χ4v) is 7.61. The summed E-state index contributed by atoms with van der Waals surface area (Å²) < 4.78 is 24.5. The van der Waals surface area contributed by atoms with E-state index in [0.717, 1.165) is 31.1 Å². The van der Waals surface area contributed by atoms with Crippen LogP contribution < -0.4 is 16.0 Å². The van der Waals surface area contributed by atoms with Crippen LogP contribution in [0.1, 0.15) is 78.0 Å². The first-order valence-corrected chi connectivity index (χ1v) is 18.9. The number of hydrogen-bond acceptors (Lipinski definition) is 8. The van der Waals surface area contributed by atoms with Crippen molar-refractivity contribution in [3.05, 3.63) is 66.0 Å². The summed E-state index contributed by atoms with van der Waals surface area (Å²) in [5.41, 5.74) is 1.20. The third kappa shape index (κ3) is 10.1. The predicted molar refractivity (Wildman–Crippen MR) is 185 cm³/mol. The van der Waals surface area contributed by atoms with Crippen LogP contribution in [0.15, 0.2) is 54.7 Å². The number of fused-ring (bicyclic) bond motifs is 1. The Bertz CT molecular complexity index is 1430. The number of carbonyl (C=O) groups is 2. The number of likely N-dealkylation sites (tertiary alicyclic amines) is 1. The van der Waals surface area contributed by atoms with E-state index in [1.54, 1.807) is 18.3 Å². The molecule has 6 unspecified atom stereocenters. The highest BCUT2D eigenvalue weighted by atomic mass is 32.2. The van der Waals surface area contributed by atoms with Gasteiger partial charge >= 0.3 is 0 Å². The van der Waals surface area contributed by atoms with Crippen LogP contribution in [0.4, 0.5) is 0 Å². The number of aliphatic hydroxyl groups is 1. The van der Waals surface area contributed by atoms with Crippen LogP contribution in [0.5, 0.6) is 0 Å². The molecule has 11 heteroatoms. The summed E-state index contributed by atoms with van der Waals surface area (Å²) in [6.45, 7) is 10.1. The minimum atomic E-state index is -3.69. The molecule has 0 bridgehead atoms. The van der Waals surface area contributed by atoms with Crippen LogP contribution in [0.3, 0.4) is 0 Å². The lowest BCUT2D eigenvalue weighted by Gasteiger charge is -2.47. The molecule has 1 aromatic carbocycles. The average molecular weight is 670 g/mol. The molecule has 0 spiro atoms. The van der Waals surface area contributed by atoms with Crippen LogP contribution in [0.25, 0.3) is 0 Å². The van der Waals surface area contributed by atoms with E-state index < -0.39 is 44.2 Å². The summed E-state index contributed by atoms with van der Waals surface area (Å²) in [4.78, 5) is 34.2. The zero-order valence-electron chi connectivity index (χ0n) is 28.9. The Morgan fingerprint density at radius 3 is 2.28 bits per heavy atom. The molecule has 2 aliphatic rings. The number of sulfone groups is 1. The Morgan fingerprint density at radius 1 is 1.00 bits per heavy atom. The molecule has 4 N–H and O–H groups in total. The van der Waals surface area contributed by atoms with Crippen molar-refractivity contribution in [3.63, 3.8) is 0 Å². The number of nitrogens with zero attached hydrogens (tertiary/aromatic N) is 2. The van der Waals surface area contributed by atoms with Gasteiger partial charge < -0.3 is 15.7 Å². The molecule has 2 heterocycles. The summed E-state index contributed by atoms with van der Waals surface area (Å²) in [5, 5.41) is 21.3. The van der Waals surface area contributed by atoms with Gasteiger partial charge in [0.25, 0.3) is 0 Å². The molecule has 1 saturated carbocycles. The van der Waals surface area contributed by atoms with Crippen molar-refractivity contribution in [1.82, 2.24) is 25.8 Å². The highest BCUT2D eigenvalue weighted by Gasteiger charge is 2.45. The summed E-state index contributed by atoms with van der Waals surface area (Å²) in [6.07, 6.45) is 7.41. The zero-order valence-corrected chi connectivity index (χ0v) is 29.7. The minimum absolute atomic E-state index is 0.0361. The quantitative estimate of drug-likeness (QED) is 0.255. The number of aliphatic hydroxyl groups excluding tert-OH is 1. The van der Waals surface area contributed by atoms with E-state index in [2.05, 4.69) is 25.8 Å². The summed E-state index contributed by atoms with van der Waals surface area (Å²) >= 11 is 0. The van der Waals surface area contributed by atoms with Crippen molar-refractivity contribution in [2.24, 2.45) is 11.8 Å². The smallest absolute Gasteiger partial charge is 0.239 e. The Hall–Kier alpha value is -2.86. The van der Waals surface area contributed by atoms with Crippen molar-refractivity contribution in [3.8, 4) is 0 Å². The number of pyridine rings is 1. The van der Waals surface area contributed by atoms with Gasteiger partial charge in [0.05, 0.1) is 28.6 Å². The number of hydrogen-bond donors (Lipinski definition) is 4. The molecule has 1 saturated heterocycles. The maximum absolute atomic E-state index is 14.1. The number of rotatable bonds is 13. The van der Waals surface area contributed by atoms with Crippen LogP contribution in [-0.2, 0) is 32.4 Å². The first kappa shape index (κ1) is 37.0. The molecule has 2 aromatic rings. The standard InChI is InChI=1S/C36H55N5O5S/c1-35(2,3)40-33(43)30-21-26-16-10-11-17-27(26)23-41(30)24-31(42)29(20-25-14-8-7-9-15-25)39-34(44)32(36(4,5)47(6,45)46)38-22-28-18-12-13-19-37-28/h7-9,12-15,18-19,26-27,29-32,38,42H,10-11,16-17,20-24H2,1-6H3,(H,39,44)(H,40,43). The van der Waals surface area contributed by atoms with Gasteiger partial charge in [-0.15, -0.1) is 0 Å². The lowest BCUT2D eigenvalue weighted by Crippen LogP contribution is -2.63. The third-order valence-electron chi connectivity index (χ3n) is 9.94. The molecule has 47 heavy (non-hydrogen) atoms. The van der Waals surface area contributed by atoms with Crippen LogP contribution in [0, 0.1) is 11.8 Å². The monoisotopic (exact) mass is 669 g/mol. The molecular formula is C36H55N5O5S. The Morgan fingerprint density at radius 2 is 1.66 bits per heavy atom. The van der Waals surface area contributed by atoms with Crippen LogP contribution in [0.2, 0.25) is 0 Å². The Labute approximate surface area is 281 Å². The van der Waals surface area contributed by atoms with Crippen LogP contribution in [-0.4, -0.2) is 89.1 Å². The number of benzene rings is 1. The van der Waals surface area contributed by atoms with Gasteiger partial charge in [-0.2, -0.15) is 0 Å². The van der Waals surface area contributed by atoms with E-state index in [1.807, 2.05) is 57.2 Å². The average Bonchev–Trinajstić information content (AvgIpc) is 3.00. The van der Waals surface area contributed by atoms with E-state index in [0.29, 0.717) is 30.5 Å². The fraction of sp³-hybridized carbons (Fsp3) is 0.639. The van der Waals surface area contributed by atoms with Crippen molar-refractivity contribution in [2.45, 2.75) is 114 Å². The van der Waals surface area contributed by atoms with E-state index >= 15 is 0 Å². The number of β-amino-alcohol motifs (C(OH)–C–C–N with tert-alkyl or cyclic N) is 1. The second kappa shape index (κ2) is 15.6. The van der Waals surface area contributed by atoms with Gasteiger partial charge in [0, 0.05) is 37.6 Å². The highest BCUT2D eigenvalue weighted by Crippen LogP contribution is 2.39. The molecule has 6 atom stereocenters. The topological polar surface area (TPSA) is 141 Å². The number of aromatic nitrogens is 1. The first-order valence-electron chi connectivity index (χ1n) is 17.0. The van der Waals surface area contributed by atoms with E-state index in [1.165, 1.54) is 26.7 Å². The first-order chi connectivity index (χ1) is 22.0. The molecule has 2 fully saturated rings. The number of amides is 2. The lowest BCUT2D eigenvalue weighted by atomic mass is 9.72. The molecule has 4 rings (SSSR count). The normalized spacial score (nSPS) is 22.8. The molecule has 0 radical (unpaired) electrons. The Kier molecular flexibility index (Phi) is 12.2. The second-order valence-electron chi connectivity index (χ2n) is 15.1. The molecule has 260 valence electrons. The summed E-state index contributed by atoms with van der Waals surface area (Å²) in [5.74, 6) is 0.389. The van der Waals surface area contributed by atoms with Gasteiger partial charge in [0.2, 0.25) is 11.8 Å². The lowest BCUT2D eigenvalue weighted by molar-refractivity contribution is -0.133. The second-order valence-corrected chi connectivity index (χ2v) is 17.7. The van der Waals surface area contributed by atoms with Crippen LogP contribution >= 0.6 is 0 Å². The van der Waals surface area contributed by atoms with Gasteiger partial charge in [-0.05, 0) is 83.4 Å². The van der Waals surface area contributed by atoms with Crippen molar-refractivity contribution < 1.29 is 23.1 Å². The van der Waals surface area contributed by atoms with Crippen molar-refractivity contribution >= 4 is 21.7 Å². The van der Waals surface area contributed by atoms with E-state index in [9.17, 15) is 23.1 Å². The van der Waals surface area contributed by atoms with Crippen molar-refractivity contribution in [1.29, 1.82) is 0 Å². The van der Waals surface area contributed by atoms with Crippen molar-refractivity contribution in [2.75, 3.05) is 19.3 Å². The van der Waals surface area contributed by atoms with Gasteiger partial charge in [0.1, 0.15) is 6.04 Å². The highest BCUT2D eigenvalue weighted by molar-refractivity contribution is 7.92. The van der Waals surface area contributed by atoms with Gasteiger partial charge in [-0.1, -0.05) is 55.7 Å². The zero-order chi connectivity index (χ0) is 34.4. The van der Waals surface area contributed by atoms with Gasteiger partial charge in [-0.25, -0.2) is 8.42 Å². The maximum atomic E-state index is 14.1. The third-order valence-corrected chi connectivity index (χ3v) is 12.1. The summed E-state index contributed by atoms with van der Waals surface area (Å²) in [7, 11) is -3.69. The van der Waals surface area contributed by atoms with Gasteiger partial charge in [-0.3, -0.25) is 24.8 Å². The molecule has 1 aliphatic carbocycles. The maximum Gasteiger partial charge on any atom is 0.239 e. The molecule has 2 amide bonds. The molecule has 10 nitrogen and oxygen atoms in total. The number of nitrogens with one attached hydrogen (secondary N) is 3. The SMILES string of the molecule is CC(C)(C)NC(=O)C1CC2CCCCC2CN1CC(O)C(Cc1ccccc1)NC(=O)C(NCc1ccccn1)C(C)(C)S(C)(=O)=O. The fourth-order valence-electron chi connectivity index (χ4n) is 6.99. The summed E-state index contributed by atoms with van der Waals surface area (Å²) in [6, 6.07) is 12.8. The van der Waals surface area contributed by atoms with E-state index in [-0.39, 0.29) is 25.0 Å². The molecule has 1 aliphatic heterocycles. The van der Waals surface area contributed by atoms with E-state index in [4.69, 9.17) is 0 Å². The number of piperidine rings is 1. The predicted octanol–water partition coefficient (Wildman–Crippen LogP) is 3.25.